The number of benzene rings is 2. The smallest absolute Gasteiger partial charge is 0.227 e. The third-order valence-corrected chi connectivity index (χ3v) is 5.40. The molecule has 1 amide bonds. The maximum absolute atomic E-state index is 12.7. The zero-order valence-corrected chi connectivity index (χ0v) is 18.2. The van der Waals surface area contributed by atoms with Gasteiger partial charge in [-0.2, -0.15) is 10.1 Å². The monoisotopic (exact) mass is 432 g/mol. The van der Waals surface area contributed by atoms with E-state index in [1.165, 1.54) is 6.33 Å². The summed E-state index contributed by atoms with van der Waals surface area (Å²) in [7, 11) is 3.42. The van der Waals surface area contributed by atoms with E-state index >= 15 is 0 Å². The molecule has 0 bridgehead atoms. The minimum Gasteiger partial charge on any atom is -0.497 e. The van der Waals surface area contributed by atoms with Gasteiger partial charge in [-0.3, -0.25) is 4.79 Å². The van der Waals surface area contributed by atoms with E-state index in [0.29, 0.717) is 18.1 Å². The Bertz CT molecular complexity index is 1150. The van der Waals surface area contributed by atoms with Gasteiger partial charge in [-0.1, -0.05) is 17.3 Å². The van der Waals surface area contributed by atoms with Crippen molar-refractivity contribution in [1.29, 1.82) is 0 Å². The first-order valence-electron chi connectivity index (χ1n) is 10.2. The second kappa shape index (κ2) is 9.42. The molecule has 0 aliphatic rings. The molecule has 0 aliphatic heterocycles. The molecule has 0 radical (unpaired) electrons. The van der Waals surface area contributed by atoms with Crippen molar-refractivity contribution in [2.24, 2.45) is 0 Å². The third kappa shape index (κ3) is 4.66. The third-order valence-electron chi connectivity index (χ3n) is 5.40. The van der Waals surface area contributed by atoms with Gasteiger partial charge in [-0.05, 0) is 48.9 Å². The van der Waals surface area contributed by atoms with Crippen molar-refractivity contribution < 1.29 is 14.1 Å². The summed E-state index contributed by atoms with van der Waals surface area (Å²) >= 11 is 0. The van der Waals surface area contributed by atoms with Crippen molar-refractivity contribution in [1.82, 2.24) is 29.8 Å². The Balaban J connectivity index is 1.34. The van der Waals surface area contributed by atoms with Crippen molar-refractivity contribution in [3.05, 3.63) is 72.6 Å². The van der Waals surface area contributed by atoms with E-state index in [1.54, 1.807) is 30.1 Å². The molecular weight excluding hydrogens is 408 g/mol. The van der Waals surface area contributed by atoms with Crippen molar-refractivity contribution in [3.8, 4) is 22.8 Å². The molecule has 2 aromatic carbocycles. The van der Waals surface area contributed by atoms with Crippen LogP contribution in [0.3, 0.4) is 0 Å². The van der Waals surface area contributed by atoms with E-state index in [9.17, 15) is 4.79 Å². The molecule has 164 valence electrons. The molecule has 0 spiro atoms. The van der Waals surface area contributed by atoms with Crippen LogP contribution in [0.1, 0.15) is 30.8 Å². The fraction of sp³-hybridized carbons (Fsp3) is 0.261. The quantitative estimate of drug-likeness (QED) is 0.420. The minimum absolute atomic E-state index is 0.00190. The molecule has 0 fully saturated rings. The second-order valence-corrected chi connectivity index (χ2v) is 7.35. The number of hydrogen-bond donors (Lipinski definition) is 0. The lowest BCUT2D eigenvalue weighted by molar-refractivity contribution is -0.131. The number of carbonyl (C=O) groups excluding carboxylic acids is 1. The SMILES string of the molecule is COc1ccc(-c2noc(CCC(=O)N(C)C(C)c3ccc(-n4cncn4)cc3)n2)cc1. The van der Waals surface area contributed by atoms with Crippen molar-refractivity contribution in [3.63, 3.8) is 0 Å². The number of amides is 1. The van der Waals surface area contributed by atoms with Crippen LogP contribution in [0.2, 0.25) is 0 Å². The lowest BCUT2D eigenvalue weighted by Gasteiger charge is -2.25. The topological polar surface area (TPSA) is 99.2 Å². The number of aryl methyl sites for hydroxylation is 1. The van der Waals surface area contributed by atoms with Crippen molar-refractivity contribution in [2.75, 3.05) is 14.2 Å². The molecule has 9 nitrogen and oxygen atoms in total. The van der Waals surface area contributed by atoms with Crippen molar-refractivity contribution in [2.45, 2.75) is 25.8 Å². The van der Waals surface area contributed by atoms with Crippen LogP contribution in [-0.4, -0.2) is 49.9 Å². The second-order valence-electron chi connectivity index (χ2n) is 7.35. The van der Waals surface area contributed by atoms with Crippen LogP contribution in [-0.2, 0) is 11.2 Å². The molecule has 1 unspecified atom stereocenters. The van der Waals surface area contributed by atoms with Crippen LogP contribution in [0.4, 0.5) is 0 Å². The molecule has 4 rings (SSSR count). The number of nitrogens with zero attached hydrogens (tertiary/aromatic N) is 6. The fourth-order valence-electron chi connectivity index (χ4n) is 3.29. The van der Waals surface area contributed by atoms with E-state index in [2.05, 4.69) is 20.2 Å². The number of ether oxygens (including phenoxy) is 1. The Labute approximate surface area is 185 Å². The Morgan fingerprint density at radius 3 is 2.56 bits per heavy atom. The molecule has 0 N–H and O–H groups in total. The Morgan fingerprint density at radius 1 is 1.16 bits per heavy atom. The van der Waals surface area contributed by atoms with E-state index in [1.807, 2.05) is 55.5 Å². The summed E-state index contributed by atoms with van der Waals surface area (Å²) in [4.78, 5) is 22.8. The van der Waals surface area contributed by atoms with E-state index in [4.69, 9.17) is 9.26 Å². The van der Waals surface area contributed by atoms with Gasteiger partial charge in [-0.15, -0.1) is 0 Å². The summed E-state index contributed by atoms with van der Waals surface area (Å²) in [5.74, 6) is 1.68. The Hall–Kier alpha value is -4.01. The predicted octanol–water partition coefficient (Wildman–Crippen LogP) is 3.48. The highest BCUT2D eigenvalue weighted by Crippen LogP contribution is 2.22. The maximum Gasteiger partial charge on any atom is 0.227 e. The Morgan fingerprint density at radius 2 is 1.91 bits per heavy atom. The number of carbonyl (C=O) groups is 1. The largest absolute Gasteiger partial charge is 0.497 e. The molecule has 0 aliphatic carbocycles. The van der Waals surface area contributed by atoms with Gasteiger partial charge >= 0.3 is 0 Å². The number of hydrogen-bond acceptors (Lipinski definition) is 7. The highest BCUT2D eigenvalue weighted by Gasteiger charge is 2.19. The zero-order chi connectivity index (χ0) is 22.5. The summed E-state index contributed by atoms with van der Waals surface area (Å²) in [6.07, 6.45) is 3.80. The summed E-state index contributed by atoms with van der Waals surface area (Å²) in [5.41, 5.74) is 2.77. The normalized spacial score (nSPS) is 11.8. The van der Waals surface area contributed by atoms with Gasteiger partial charge in [0.05, 0.1) is 18.8 Å². The van der Waals surface area contributed by atoms with E-state index < -0.39 is 0 Å². The predicted molar refractivity (Wildman–Crippen MR) is 117 cm³/mol. The molecule has 2 heterocycles. The first kappa shape index (κ1) is 21.2. The lowest BCUT2D eigenvalue weighted by Crippen LogP contribution is -2.29. The van der Waals surface area contributed by atoms with Gasteiger partial charge in [0.15, 0.2) is 0 Å². The minimum atomic E-state index is -0.0789. The average Bonchev–Trinajstić information content (AvgIpc) is 3.54. The van der Waals surface area contributed by atoms with Crippen LogP contribution in [0.25, 0.3) is 17.1 Å². The van der Waals surface area contributed by atoms with Gasteiger partial charge in [0, 0.05) is 25.5 Å². The maximum atomic E-state index is 12.7. The first-order chi connectivity index (χ1) is 15.5. The molecule has 32 heavy (non-hydrogen) atoms. The summed E-state index contributed by atoms with van der Waals surface area (Å²) in [6, 6.07) is 15.2. The molecule has 0 saturated carbocycles. The number of rotatable bonds is 8. The lowest BCUT2D eigenvalue weighted by atomic mass is 10.1. The average molecular weight is 432 g/mol. The summed E-state index contributed by atoms with van der Waals surface area (Å²) in [6.45, 7) is 2.00. The molecule has 2 aromatic heterocycles. The molecule has 1 atom stereocenters. The van der Waals surface area contributed by atoms with Gasteiger partial charge in [-0.25, -0.2) is 9.67 Å². The highest BCUT2D eigenvalue weighted by molar-refractivity contribution is 5.76. The molecule has 9 heteroatoms. The fourth-order valence-corrected chi connectivity index (χ4v) is 3.29. The van der Waals surface area contributed by atoms with Gasteiger partial charge in [0.25, 0.3) is 0 Å². The summed E-state index contributed by atoms with van der Waals surface area (Å²) in [5, 5.41) is 8.14. The molecule has 4 aromatic rings. The Kier molecular flexibility index (Phi) is 6.25. The first-order valence-corrected chi connectivity index (χ1v) is 10.2. The van der Waals surface area contributed by atoms with Crippen LogP contribution in [0.15, 0.2) is 65.7 Å². The molecule has 0 saturated heterocycles. The van der Waals surface area contributed by atoms with Crippen LogP contribution < -0.4 is 4.74 Å². The van der Waals surface area contributed by atoms with E-state index in [-0.39, 0.29) is 18.4 Å². The van der Waals surface area contributed by atoms with Gasteiger partial charge in [0.2, 0.25) is 17.6 Å². The summed E-state index contributed by atoms with van der Waals surface area (Å²) < 4.78 is 12.2. The van der Waals surface area contributed by atoms with Crippen LogP contribution in [0.5, 0.6) is 5.75 Å². The number of methoxy groups -OCH3 is 1. The standard InChI is InChI=1S/C23H24N6O3/c1-16(17-4-8-19(9-5-17)29-15-24-14-25-29)28(2)22(30)13-12-21-26-23(27-32-21)18-6-10-20(31-3)11-7-18/h4-11,14-16H,12-13H2,1-3H3. The van der Waals surface area contributed by atoms with Gasteiger partial charge < -0.3 is 14.2 Å². The van der Waals surface area contributed by atoms with Crippen LogP contribution in [0, 0.1) is 0 Å². The molecular formula is C23H24N6O3. The highest BCUT2D eigenvalue weighted by atomic mass is 16.5. The zero-order valence-electron chi connectivity index (χ0n) is 18.2. The van der Waals surface area contributed by atoms with Gasteiger partial charge in [0.1, 0.15) is 18.4 Å². The van der Waals surface area contributed by atoms with E-state index in [0.717, 1.165) is 22.6 Å². The van der Waals surface area contributed by atoms with Crippen molar-refractivity contribution >= 4 is 5.91 Å². The van der Waals surface area contributed by atoms with Crippen LogP contribution >= 0.6 is 0 Å². The number of aromatic nitrogens is 5.